The van der Waals surface area contributed by atoms with Gasteiger partial charge in [-0.1, -0.05) is 35.9 Å². The molecule has 2 aromatic rings. The van der Waals surface area contributed by atoms with E-state index in [0.717, 1.165) is 12.1 Å². The summed E-state index contributed by atoms with van der Waals surface area (Å²) in [5, 5.41) is 8.27. The molecule has 0 unspecified atom stereocenters. The Hall–Kier alpha value is -1.61. The molecule has 2 N–H and O–H groups in total. The number of aryl methyl sites for hydroxylation is 1. The van der Waals surface area contributed by atoms with Crippen LogP contribution in [0, 0.1) is 6.92 Å². The number of nitrogens with zero attached hydrogens (tertiary/aromatic N) is 2. The first-order valence-corrected chi connectivity index (χ1v) is 5.36. The Labute approximate surface area is 99.3 Å². The van der Waals surface area contributed by atoms with Gasteiger partial charge in [0.05, 0.1) is 10.7 Å². The first-order valence-electron chi connectivity index (χ1n) is 4.99. The van der Waals surface area contributed by atoms with E-state index in [4.69, 9.17) is 17.3 Å². The van der Waals surface area contributed by atoms with Gasteiger partial charge >= 0.3 is 0 Å². The van der Waals surface area contributed by atoms with E-state index in [1.54, 1.807) is 6.07 Å². The van der Waals surface area contributed by atoms with Crippen molar-refractivity contribution in [1.29, 1.82) is 0 Å². The van der Waals surface area contributed by atoms with E-state index < -0.39 is 0 Å². The van der Waals surface area contributed by atoms with Crippen LogP contribution in [0.2, 0.25) is 5.02 Å². The van der Waals surface area contributed by atoms with Crippen molar-refractivity contribution >= 4 is 17.4 Å². The Bertz CT molecular complexity index is 511. The zero-order chi connectivity index (χ0) is 11.5. The monoisotopic (exact) mass is 233 g/mol. The summed E-state index contributed by atoms with van der Waals surface area (Å²) in [5.41, 5.74) is 8.79. The smallest absolute Gasteiger partial charge is 0.164 e. The van der Waals surface area contributed by atoms with E-state index in [1.165, 1.54) is 11.1 Å². The number of nitrogens with two attached hydrogens (primary N) is 1. The highest BCUT2D eigenvalue weighted by Gasteiger charge is 2.04. The lowest BCUT2D eigenvalue weighted by Gasteiger charge is -2.05. The molecular formula is C12H12ClN3. The van der Waals surface area contributed by atoms with Crippen molar-refractivity contribution in [3.05, 3.63) is 52.2 Å². The molecule has 0 aliphatic rings. The highest BCUT2D eigenvalue weighted by atomic mass is 35.5. The summed E-state index contributed by atoms with van der Waals surface area (Å²) in [4.78, 5) is 0. The van der Waals surface area contributed by atoms with E-state index in [9.17, 15) is 0 Å². The van der Waals surface area contributed by atoms with Crippen LogP contribution in [0.4, 0.5) is 5.82 Å². The Morgan fingerprint density at radius 1 is 1.25 bits per heavy atom. The van der Waals surface area contributed by atoms with Crippen molar-refractivity contribution in [3.63, 3.8) is 0 Å². The number of hydrogen-bond acceptors (Lipinski definition) is 3. The van der Waals surface area contributed by atoms with Gasteiger partial charge in [-0.2, -0.15) is 5.10 Å². The predicted octanol–water partition coefficient (Wildman–Crippen LogP) is 2.61. The number of aromatic nitrogens is 2. The van der Waals surface area contributed by atoms with Gasteiger partial charge in [0.25, 0.3) is 0 Å². The van der Waals surface area contributed by atoms with Gasteiger partial charge < -0.3 is 5.73 Å². The van der Waals surface area contributed by atoms with Crippen LogP contribution in [-0.2, 0) is 6.42 Å². The van der Waals surface area contributed by atoms with Crippen LogP contribution in [0.25, 0.3) is 0 Å². The van der Waals surface area contributed by atoms with Gasteiger partial charge in [0.2, 0.25) is 0 Å². The molecule has 0 fully saturated rings. The average molecular weight is 234 g/mol. The number of anilines is 1. The zero-order valence-corrected chi connectivity index (χ0v) is 9.70. The van der Waals surface area contributed by atoms with Gasteiger partial charge in [-0.15, -0.1) is 5.10 Å². The second-order valence-electron chi connectivity index (χ2n) is 3.67. The van der Waals surface area contributed by atoms with Crippen LogP contribution < -0.4 is 5.73 Å². The molecule has 0 amide bonds. The predicted molar refractivity (Wildman–Crippen MR) is 65.4 cm³/mol. The molecule has 1 aromatic heterocycles. The topological polar surface area (TPSA) is 51.8 Å². The Morgan fingerprint density at radius 3 is 2.69 bits per heavy atom. The van der Waals surface area contributed by atoms with Gasteiger partial charge in [0.1, 0.15) is 0 Å². The summed E-state index contributed by atoms with van der Waals surface area (Å²) in [6.07, 6.45) is 0.722. The van der Waals surface area contributed by atoms with Crippen LogP contribution in [0.3, 0.4) is 0 Å². The number of nitrogen functional groups attached to an aromatic ring is 1. The normalized spacial score (nSPS) is 10.4. The number of benzene rings is 1. The quantitative estimate of drug-likeness (QED) is 0.868. The SMILES string of the molecule is Cc1ccccc1Cc1cc(Cl)c(N)nn1. The lowest BCUT2D eigenvalue weighted by atomic mass is 10.0. The van der Waals surface area contributed by atoms with Gasteiger partial charge in [-0.05, 0) is 24.1 Å². The van der Waals surface area contributed by atoms with E-state index in [0.29, 0.717) is 5.02 Å². The molecule has 82 valence electrons. The number of halogens is 1. The maximum Gasteiger partial charge on any atom is 0.164 e. The van der Waals surface area contributed by atoms with Crippen LogP contribution in [0.15, 0.2) is 30.3 Å². The standard InChI is InChI=1S/C12H12ClN3/c1-8-4-2-3-5-9(8)6-10-7-11(13)12(14)16-15-10/h2-5,7H,6H2,1H3,(H2,14,16). The third kappa shape index (κ3) is 2.31. The summed E-state index contributed by atoms with van der Waals surface area (Å²) in [5.74, 6) is 0.273. The molecule has 1 aromatic carbocycles. The molecule has 0 radical (unpaired) electrons. The summed E-state index contributed by atoms with van der Waals surface area (Å²) in [7, 11) is 0. The van der Waals surface area contributed by atoms with Crippen molar-refractivity contribution in [3.8, 4) is 0 Å². The maximum atomic E-state index is 5.89. The minimum Gasteiger partial charge on any atom is -0.381 e. The van der Waals surface area contributed by atoms with E-state index in [-0.39, 0.29) is 5.82 Å². The largest absolute Gasteiger partial charge is 0.381 e. The van der Waals surface area contributed by atoms with E-state index >= 15 is 0 Å². The number of rotatable bonds is 2. The van der Waals surface area contributed by atoms with Gasteiger partial charge in [0.15, 0.2) is 5.82 Å². The zero-order valence-electron chi connectivity index (χ0n) is 8.94. The maximum absolute atomic E-state index is 5.89. The fourth-order valence-corrected chi connectivity index (χ4v) is 1.67. The lowest BCUT2D eigenvalue weighted by molar-refractivity contribution is 0.940. The summed E-state index contributed by atoms with van der Waals surface area (Å²) in [6, 6.07) is 9.93. The minimum atomic E-state index is 0.273. The molecule has 0 saturated carbocycles. The molecule has 16 heavy (non-hydrogen) atoms. The van der Waals surface area contributed by atoms with Crippen LogP contribution in [-0.4, -0.2) is 10.2 Å². The molecule has 0 spiro atoms. The highest BCUT2D eigenvalue weighted by molar-refractivity contribution is 6.32. The molecule has 0 atom stereocenters. The lowest BCUT2D eigenvalue weighted by Crippen LogP contribution is -2.00. The third-order valence-corrected chi connectivity index (χ3v) is 2.76. The van der Waals surface area contributed by atoms with Crippen molar-refractivity contribution < 1.29 is 0 Å². The van der Waals surface area contributed by atoms with Crippen LogP contribution >= 0.6 is 11.6 Å². The molecule has 4 heteroatoms. The number of hydrogen-bond donors (Lipinski definition) is 1. The Balaban J connectivity index is 2.28. The Kier molecular flexibility index (Phi) is 3.06. The second-order valence-corrected chi connectivity index (χ2v) is 4.08. The molecule has 1 heterocycles. The first kappa shape index (κ1) is 10.9. The Morgan fingerprint density at radius 2 is 2.00 bits per heavy atom. The highest BCUT2D eigenvalue weighted by Crippen LogP contribution is 2.18. The molecular weight excluding hydrogens is 222 g/mol. The molecule has 0 saturated heterocycles. The fraction of sp³-hybridized carbons (Fsp3) is 0.167. The van der Waals surface area contributed by atoms with E-state index in [1.807, 2.05) is 12.1 Å². The summed E-state index contributed by atoms with van der Waals surface area (Å²) >= 11 is 5.89. The van der Waals surface area contributed by atoms with E-state index in [2.05, 4.69) is 29.3 Å². The van der Waals surface area contributed by atoms with Gasteiger partial charge in [-0.3, -0.25) is 0 Å². The molecule has 0 aliphatic carbocycles. The third-order valence-electron chi connectivity index (χ3n) is 2.46. The van der Waals surface area contributed by atoms with Gasteiger partial charge in [0, 0.05) is 6.42 Å². The van der Waals surface area contributed by atoms with Gasteiger partial charge in [-0.25, -0.2) is 0 Å². The van der Waals surface area contributed by atoms with Crippen molar-refractivity contribution in [1.82, 2.24) is 10.2 Å². The fourth-order valence-electron chi connectivity index (χ4n) is 1.50. The molecule has 2 rings (SSSR count). The minimum absolute atomic E-state index is 0.273. The van der Waals surface area contributed by atoms with Crippen LogP contribution in [0.5, 0.6) is 0 Å². The van der Waals surface area contributed by atoms with Crippen molar-refractivity contribution in [2.45, 2.75) is 13.3 Å². The summed E-state index contributed by atoms with van der Waals surface area (Å²) in [6.45, 7) is 2.07. The second kappa shape index (κ2) is 4.49. The molecule has 0 bridgehead atoms. The summed E-state index contributed by atoms with van der Waals surface area (Å²) < 4.78 is 0. The van der Waals surface area contributed by atoms with Crippen molar-refractivity contribution in [2.24, 2.45) is 0 Å². The van der Waals surface area contributed by atoms with Crippen LogP contribution in [0.1, 0.15) is 16.8 Å². The van der Waals surface area contributed by atoms with Crippen molar-refractivity contribution in [2.75, 3.05) is 5.73 Å². The average Bonchev–Trinajstić information content (AvgIpc) is 2.27. The molecule has 0 aliphatic heterocycles. The first-order chi connectivity index (χ1) is 7.66. The molecule has 3 nitrogen and oxygen atoms in total.